The minimum atomic E-state index is 0.429. The highest BCUT2D eigenvalue weighted by Gasteiger charge is 2.07. The van der Waals surface area contributed by atoms with Gasteiger partial charge in [0.25, 0.3) is 0 Å². The number of anilines is 1. The van der Waals surface area contributed by atoms with Crippen LogP contribution in [0.25, 0.3) is 20.8 Å². The van der Waals surface area contributed by atoms with Crippen molar-refractivity contribution in [2.75, 3.05) is 5.32 Å². The van der Waals surface area contributed by atoms with Crippen LogP contribution in [0.15, 0.2) is 42.5 Å². The van der Waals surface area contributed by atoms with Gasteiger partial charge in [0, 0.05) is 11.3 Å². The molecule has 0 amide bonds. The van der Waals surface area contributed by atoms with Crippen molar-refractivity contribution in [2.24, 2.45) is 0 Å². The number of nitrogens with one attached hydrogen (secondary N) is 2. The van der Waals surface area contributed by atoms with Crippen LogP contribution in [0.4, 0.5) is 5.69 Å². The zero-order chi connectivity index (χ0) is 14.1. The Balaban J connectivity index is 2.01. The second kappa shape index (κ2) is 5.06. The zero-order valence-electron chi connectivity index (χ0n) is 11.4. The summed E-state index contributed by atoms with van der Waals surface area (Å²) < 4.78 is 1.16. The number of aryl methyl sites for hydroxylation is 1. The van der Waals surface area contributed by atoms with Gasteiger partial charge in [0.15, 0.2) is 0 Å². The summed E-state index contributed by atoms with van der Waals surface area (Å²) >= 11 is 1.69. The van der Waals surface area contributed by atoms with Crippen molar-refractivity contribution in [1.82, 2.24) is 4.98 Å². The van der Waals surface area contributed by atoms with E-state index in [1.165, 1.54) is 5.56 Å². The molecule has 100 valence electrons. The molecule has 2 aromatic carbocycles. The van der Waals surface area contributed by atoms with Gasteiger partial charge in [-0.25, -0.2) is 4.98 Å². The van der Waals surface area contributed by atoms with Gasteiger partial charge in [-0.3, -0.25) is 5.41 Å². The molecule has 2 N–H and O–H groups in total. The fraction of sp³-hybridized carbons (Fsp3) is 0.125. The summed E-state index contributed by atoms with van der Waals surface area (Å²) in [6.07, 6.45) is 0. The lowest BCUT2D eigenvalue weighted by molar-refractivity contribution is 1.43. The van der Waals surface area contributed by atoms with Gasteiger partial charge in [0.05, 0.1) is 16.1 Å². The number of fused-ring (bicyclic) bond motifs is 1. The van der Waals surface area contributed by atoms with Crippen LogP contribution in [0.3, 0.4) is 0 Å². The summed E-state index contributed by atoms with van der Waals surface area (Å²) in [6, 6.07) is 14.4. The van der Waals surface area contributed by atoms with Crippen LogP contribution in [0.1, 0.15) is 12.5 Å². The Labute approximate surface area is 121 Å². The van der Waals surface area contributed by atoms with Gasteiger partial charge in [-0.2, -0.15) is 0 Å². The summed E-state index contributed by atoms with van der Waals surface area (Å²) in [5.74, 6) is 0.429. The summed E-state index contributed by atoms with van der Waals surface area (Å²) in [4.78, 5) is 4.69. The first-order valence-electron chi connectivity index (χ1n) is 6.41. The second-order valence-corrected chi connectivity index (χ2v) is 5.85. The third-order valence-electron chi connectivity index (χ3n) is 3.02. The first-order chi connectivity index (χ1) is 9.61. The molecule has 0 radical (unpaired) electrons. The third-order valence-corrected chi connectivity index (χ3v) is 4.10. The van der Waals surface area contributed by atoms with E-state index in [4.69, 9.17) is 5.41 Å². The number of thiazole rings is 1. The fourth-order valence-electron chi connectivity index (χ4n) is 2.04. The largest absolute Gasteiger partial charge is 0.344 e. The molecule has 4 heteroatoms. The van der Waals surface area contributed by atoms with Crippen LogP contribution >= 0.6 is 11.3 Å². The number of amidine groups is 1. The molecule has 20 heavy (non-hydrogen) atoms. The minimum absolute atomic E-state index is 0.429. The molecule has 1 heterocycles. The van der Waals surface area contributed by atoms with Gasteiger partial charge in [-0.15, -0.1) is 11.3 Å². The van der Waals surface area contributed by atoms with E-state index in [9.17, 15) is 0 Å². The molecule has 1 aromatic heterocycles. The summed E-state index contributed by atoms with van der Waals surface area (Å²) in [5, 5.41) is 11.5. The Kier molecular flexibility index (Phi) is 3.24. The van der Waals surface area contributed by atoms with Crippen molar-refractivity contribution in [3.8, 4) is 10.6 Å². The number of aromatic nitrogens is 1. The van der Waals surface area contributed by atoms with Crippen LogP contribution in [0.5, 0.6) is 0 Å². The fourth-order valence-corrected chi connectivity index (χ4v) is 2.99. The molecule has 0 aliphatic carbocycles. The van der Waals surface area contributed by atoms with E-state index < -0.39 is 0 Å². The minimum Gasteiger partial charge on any atom is -0.344 e. The van der Waals surface area contributed by atoms with Crippen molar-refractivity contribution in [3.05, 3.63) is 48.0 Å². The first kappa shape index (κ1) is 12.8. The maximum absolute atomic E-state index is 7.47. The number of nitrogens with zero attached hydrogens (tertiary/aromatic N) is 1. The predicted molar refractivity (Wildman–Crippen MR) is 86.8 cm³/mol. The normalized spacial score (nSPS) is 10.7. The Morgan fingerprint density at radius 2 is 1.90 bits per heavy atom. The number of hydrogen-bond donors (Lipinski definition) is 2. The lowest BCUT2D eigenvalue weighted by atomic mass is 10.2. The molecule has 0 saturated heterocycles. The Morgan fingerprint density at radius 1 is 1.15 bits per heavy atom. The molecule has 3 nitrogen and oxygen atoms in total. The van der Waals surface area contributed by atoms with Crippen molar-refractivity contribution >= 4 is 33.1 Å². The van der Waals surface area contributed by atoms with Crippen LogP contribution in [0.2, 0.25) is 0 Å². The van der Waals surface area contributed by atoms with E-state index in [1.807, 2.05) is 12.1 Å². The van der Waals surface area contributed by atoms with E-state index in [1.54, 1.807) is 18.3 Å². The maximum Gasteiger partial charge on any atom is 0.124 e. The number of rotatable bonds is 2. The van der Waals surface area contributed by atoms with Crippen LogP contribution in [0, 0.1) is 12.3 Å². The maximum atomic E-state index is 7.47. The molecule has 0 fully saturated rings. The van der Waals surface area contributed by atoms with E-state index in [2.05, 4.69) is 47.6 Å². The third kappa shape index (κ3) is 2.56. The standard InChI is InChI=1S/C16H15N3S/c1-10-3-5-12(6-4-10)16-19-14-9-13(18-11(2)17)7-8-15(14)20-16/h3-9H,1-2H3,(H2,17,18). The highest BCUT2D eigenvalue weighted by molar-refractivity contribution is 7.21. The van der Waals surface area contributed by atoms with Gasteiger partial charge in [0.2, 0.25) is 0 Å². The smallest absolute Gasteiger partial charge is 0.124 e. The number of benzene rings is 2. The number of hydrogen-bond acceptors (Lipinski definition) is 3. The second-order valence-electron chi connectivity index (χ2n) is 4.82. The van der Waals surface area contributed by atoms with Crippen LogP contribution in [-0.4, -0.2) is 10.8 Å². The molecule has 3 rings (SSSR count). The van der Waals surface area contributed by atoms with Gasteiger partial charge in [0.1, 0.15) is 5.01 Å². The Bertz CT molecular complexity index is 772. The monoisotopic (exact) mass is 281 g/mol. The van der Waals surface area contributed by atoms with Gasteiger partial charge in [-0.05, 0) is 32.0 Å². The quantitative estimate of drug-likeness (QED) is 0.529. The molecule has 0 spiro atoms. The lowest BCUT2D eigenvalue weighted by Crippen LogP contribution is -2.04. The van der Waals surface area contributed by atoms with E-state index in [-0.39, 0.29) is 0 Å². The average molecular weight is 281 g/mol. The molecule has 0 aliphatic heterocycles. The Hall–Kier alpha value is -2.20. The highest BCUT2D eigenvalue weighted by atomic mass is 32.1. The summed E-state index contributed by atoms with van der Waals surface area (Å²) in [7, 11) is 0. The van der Waals surface area contributed by atoms with Gasteiger partial charge < -0.3 is 5.32 Å². The van der Waals surface area contributed by atoms with E-state index in [0.717, 1.165) is 26.5 Å². The zero-order valence-corrected chi connectivity index (χ0v) is 12.2. The van der Waals surface area contributed by atoms with Crippen molar-refractivity contribution in [2.45, 2.75) is 13.8 Å². The van der Waals surface area contributed by atoms with Gasteiger partial charge in [-0.1, -0.05) is 29.8 Å². The van der Waals surface area contributed by atoms with Crippen LogP contribution < -0.4 is 5.32 Å². The summed E-state index contributed by atoms with van der Waals surface area (Å²) in [6.45, 7) is 3.81. The molecule has 0 bridgehead atoms. The highest BCUT2D eigenvalue weighted by Crippen LogP contribution is 2.31. The molecule has 3 aromatic rings. The lowest BCUT2D eigenvalue weighted by Gasteiger charge is -2.02. The molecule has 0 atom stereocenters. The molecular weight excluding hydrogens is 266 g/mol. The van der Waals surface area contributed by atoms with E-state index >= 15 is 0 Å². The average Bonchev–Trinajstić information content (AvgIpc) is 2.81. The van der Waals surface area contributed by atoms with E-state index in [0.29, 0.717) is 5.84 Å². The molecule has 0 unspecified atom stereocenters. The molecule has 0 aliphatic rings. The Morgan fingerprint density at radius 3 is 2.60 bits per heavy atom. The predicted octanol–water partition coefficient (Wildman–Crippen LogP) is 4.68. The SMILES string of the molecule is CC(=N)Nc1ccc2sc(-c3ccc(C)cc3)nc2c1. The molecule has 0 saturated carbocycles. The summed E-state index contributed by atoms with van der Waals surface area (Å²) in [5.41, 5.74) is 4.28. The first-order valence-corrected chi connectivity index (χ1v) is 7.23. The van der Waals surface area contributed by atoms with Crippen molar-refractivity contribution in [3.63, 3.8) is 0 Å². The molecular formula is C16H15N3S. The van der Waals surface area contributed by atoms with Crippen molar-refractivity contribution in [1.29, 1.82) is 5.41 Å². The van der Waals surface area contributed by atoms with Gasteiger partial charge >= 0.3 is 0 Å². The van der Waals surface area contributed by atoms with Crippen LogP contribution in [-0.2, 0) is 0 Å². The topological polar surface area (TPSA) is 48.8 Å². The van der Waals surface area contributed by atoms with Crippen molar-refractivity contribution < 1.29 is 0 Å².